The average molecular weight is 276 g/mol. The highest BCUT2D eigenvalue weighted by atomic mass is 16.5. The van der Waals surface area contributed by atoms with Crippen LogP contribution in [0.3, 0.4) is 0 Å². The van der Waals surface area contributed by atoms with Crippen LogP contribution in [-0.4, -0.2) is 25.1 Å². The van der Waals surface area contributed by atoms with Crippen molar-refractivity contribution in [3.8, 4) is 5.75 Å². The normalized spacial score (nSPS) is 20.4. The highest BCUT2D eigenvalue weighted by Crippen LogP contribution is 2.34. The Bertz CT molecular complexity index is 451. The molecule has 1 fully saturated rings. The van der Waals surface area contributed by atoms with Crippen LogP contribution in [-0.2, 0) is 13.1 Å². The maximum absolute atomic E-state index is 5.72. The number of likely N-dealkylation sites (tertiary alicyclic amines) is 1. The quantitative estimate of drug-likeness (QED) is 0.918. The zero-order valence-electron chi connectivity index (χ0n) is 13.3. The van der Waals surface area contributed by atoms with Crippen molar-refractivity contribution < 1.29 is 4.74 Å². The molecule has 2 N–H and O–H groups in total. The topological polar surface area (TPSA) is 38.5 Å². The molecule has 1 atom stereocenters. The first-order chi connectivity index (χ1) is 9.44. The van der Waals surface area contributed by atoms with Crippen molar-refractivity contribution in [2.75, 3.05) is 20.2 Å². The fraction of sp³-hybridized carbons (Fsp3) is 0.647. The summed E-state index contributed by atoms with van der Waals surface area (Å²) in [5, 5.41) is 0. The molecule has 1 aromatic rings. The van der Waals surface area contributed by atoms with Gasteiger partial charge in [-0.3, -0.25) is 4.90 Å². The van der Waals surface area contributed by atoms with Crippen molar-refractivity contribution in [1.29, 1.82) is 0 Å². The predicted molar refractivity (Wildman–Crippen MR) is 83.7 cm³/mol. The second-order valence-corrected chi connectivity index (χ2v) is 6.94. The number of methoxy groups -OCH3 is 1. The van der Waals surface area contributed by atoms with Gasteiger partial charge in [0.15, 0.2) is 0 Å². The Labute approximate surface area is 123 Å². The minimum Gasteiger partial charge on any atom is -0.496 e. The van der Waals surface area contributed by atoms with Crippen molar-refractivity contribution in [3.63, 3.8) is 0 Å². The molecule has 0 amide bonds. The third kappa shape index (κ3) is 3.53. The molecule has 112 valence electrons. The van der Waals surface area contributed by atoms with E-state index in [0.29, 0.717) is 12.0 Å². The predicted octanol–water partition coefficient (Wildman–Crippen LogP) is 3.02. The highest BCUT2D eigenvalue weighted by molar-refractivity contribution is 5.37. The molecule has 20 heavy (non-hydrogen) atoms. The van der Waals surface area contributed by atoms with E-state index in [-0.39, 0.29) is 0 Å². The standard InChI is InChI=1S/C17H28N2O/c1-17(2,3)15-7-8-19(12-15)11-13-5-6-14(10-18)16(9-13)20-4/h5-6,9,15H,7-8,10-12,18H2,1-4H3. The van der Waals surface area contributed by atoms with Crippen LogP contribution in [0.4, 0.5) is 0 Å². The summed E-state index contributed by atoms with van der Waals surface area (Å²) in [6.45, 7) is 11.0. The zero-order chi connectivity index (χ0) is 14.8. The SMILES string of the molecule is COc1cc(CN2CCC(C(C)(C)C)C2)ccc1CN. The Hall–Kier alpha value is -1.06. The molecule has 1 saturated heterocycles. The monoisotopic (exact) mass is 276 g/mol. The Kier molecular flexibility index (Phi) is 4.71. The number of hydrogen-bond acceptors (Lipinski definition) is 3. The number of nitrogens with two attached hydrogens (primary N) is 1. The van der Waals surface area contributed by atoms with Gasteiger partial charge < -0.3 is 10.5 Å². The molecule has 0 saturated carbocycles. The van der Waals surface area contributed by atoms with Crippen LogP contribution in [0.2, 0.25) is 0 Å². The Balaban J connectivity index is 2.01. The van der Waals surface area contributed by atoms with E-state index in [1.807, 2.05) is 0 Å². The van der Waals surface area contributed by atoms with E-state index in [1.54, 1.807) is 7.11 Å². The molecular weight excluding hydrogens is 248 g/mol. The summed E-state index contributed by atoms with van der Waals surface area (Å²) in [7, 11) is 1.71. The third-order valence-electron chi connectivity index (χ3n) is 4.47. The van der Waals surface area contributed by atoms with Crippen LogP contribution in [0.25, 0.3) is 0 Å². The molecule has 3 heteroatoms. The first kappa shape index (κ1) is 15.3. The molecule has 1 heterocycles. The second kappa shape index (κ2) is 6.15. The number of hydrogen-bond donors (Lipinski definition) is 1. The average Bonchev–Trinajstić information content (AvgIpc) is 2.87. The second-order valence-electron chi connectivity index (χ2n) is 6.94. The van der Waals surface area contributed by atoms with Gasteiger partial charge in [0.2, 0.25) is 0 Å². The minimum absolute atomic E-state index is 0.413. The summed E-state index contributed by atoms with van der Waals surface area (Å²) in [4.78, 5) is 2.55. The Morgan fingerprint density at radius 2 is 2.10 bits per heavy atom. The number of nitrogens with zero attached hydrogens (tertiary/aromatic N) is 1. The van der Waals surface area contributed by atoms with E-state index in [4.69, 9.17) is 10.5 Å². The van der Waals surface area contributed by atoms with Gasteiger partial charge in [-0.25, -0.2) is 0 Å². The van der Waals surface area contributed by atoms with Gasteiger partial charge in [0.25, 0.3) is 0 Å². The lowest BCUT2D eigenvalue weighted by atomic mass is 9.80. The maximum atomic E-state index is 5.72. The van der Waals surface area contributed by atoms with Crippen LogP contribution >= 0.6 is 0 Å². The summed E-state index contributed by atoms with van der Waals surface area (Å²) in [5.74, 6) is 1.71. The van der Waals surface area contributed by atoms with E-state index in [1.165, 1.54) is 25.1 Å². The van der Waals surface area contributed by atoms with Crippen LogP contribution in [0.15, 0.2) is 18.2 Å². The lowest BCUT2D eigenvalue weighted by Gasteiger charge is -2.27. The molecule has 0 bridgehead atoms. The van der Waals surface area contributed by atoms with Gasteiger partial charge in [-0.05, 0) is 35.9 Å². The van der Waals surface area contributed by atoms with Gasteiger partial charge in [0.05, 0.1) is 7.11 Å². The van der Waals surface area contributed by atoms with E-state index in [0.717, 1.165) is 23.8 Å². The van der Waals surface area contributed by atoms with Crippen LogP contribution in [0, 0.1) is 11.3 Å². The van der Waals surface area contributed by atoms with Crippen LogP contribution < -0.4 is 10.5 Å². The van der Waals surface area contributed by atoms with Crippen molar-refractivity contribution in [2.24, 2.45) is 17.1 Å². The molecule has 1 aromatic carbocycles. The molecule has 0 spiro atoms. The van der Waals surface area contributed by atoms with Gasteiger partial charge in [-0.1, -0.05) is 32.9 Å². The fourth-order valence-electron chi connectivity index (χ4n) is 3.00. The summed E-state index contributed by atoms with van der Waals surface area (Å²) < 4.78 is 5.42. The lowest BCUT2D eigenvalue weighted by Crippen LogP contribution is -2.25. The Morgan fingerprint density at radius 3 is 2.65 bits per heavy atom. The Morgan fingerprint density at radius 1 is 1.35 bits per heavy atom. The smallest absolute Gasteiger partial charge is 0.123 e. The number of benzene rings is 1. The zero-order valence-corrected chi connectivity index (χ0v) is 13.3. The maximum Gasteiger partial charge on any atom is 0.123 e. The summed E-state index contributed by atoms with van der Waals surface area (Å²) in [6.07, 6.45) is 1.31. The van der Waals surface area contributed by atoms with Gasteiger partial charge in [-0.2, -0.15) is 0 Å². The summed E-state index contributed by atoms with van der Waals surface area (Å²) in [5.41, 5.74) is 8.52. The molecule has 0 radical (unpaired) electrons. The first-order valence-electron chi connectivity index (χ1n) is 7.52. The van der Waals surface area contributed by atoms with E-state index in [9.17, 15) is 0 Å². The molecule has 1 unspecified atom stereocenters. The molecule has 1 aliphatic heterocycles. The van der Waals surface area contributed by atoms with E-state index >= 15 is 0 Å². The number of ether oxygens (including phenoxy) is 1. The third-order valence-corrected chi connectivity index (χ3v) is 4.47. The molecule has 0 aromatic heterocycles. The molecular formula is C17H28N2O. The van der Waals surface area contributed by atoms with Gasteiger partial charge >= 0.3 is 0 Å². The molecule has 2 rings (SSSR count). The largest absolute Gasteiger partial charge is 0.496 e. The number of rotatable bonds is 4. The van der Waals surface area contributed by atoms with Gasteiger partial charge in [0.1, 0.15) is 5.75 Å². The van der Waals surface area contributed by atoms with Crippen LogP contribution in [0.1, 0.15) is 38.3 Å². The lowest BCUT2D eigenvalue weighted by molar-refractivity contribution is 0.226. The minimum atomic E-state index is 0.413. The van der Waals surface area contributed by atoms with Gasteiger partial charge in [0, 0.05) is 25.2 Å². The first-order valence-corrected chi connectivity index (χ1v) is 7.52. The van der Waals surface area contributed by atoms with Crippen LogP contribution in [0.5, 0.6) is 5.75 Å². The van der Waals surface area contributed by atoms with E-state index < -0.39 is 0 Å². The molecule has 0 aliphatic carbocycles. The van der Waals surface area contributed by atoms with Gasteiger partial charge in [-0.15, -0.1) is 0 Å². The van der Waals surface area contributed by atoms with Crippen molar-refractivity contribution >= 4 is 0 Å². The van der Waals surface area contributed by atoms with Crippen molar-refractivity contribution in [3.05, 3.63) is 29.3 Å². The summed E-state index contributed by atoms with van der Waals surface area (Å²) >= 11 is 0. The molecule has 3 nitrogen and oxygen atoms in total. The van der Waals surface area contributed by atoms with Crippen molar-refractivity contribution in [1.82, 2.24) is 4.90 Å². The van der Waals surface area contributed by atoms with Crippen molar-refractivity contribution in [2.45, 2.75) is 40.3 Å². The van der Waals surface area contributed by atoms with E-state index in [2.05, 4.69) is 43.9 Å². The fourth-order valence-corrected chi connectivity index (χ4v) is 3.00. The molecule has 1 aliphatic rings. The highest BCUT2D eigenvalue weighted by Gasteiger charge is 2.31. The summed E-state index contributed by atoms with van der Waals surface area (Å²) in [6, 6.07) is 6.40.